The van der Waals surface area contributed by atoms with Crippen molar-refractivity contribution in [1.82, 2.24) is 19.9 Å². The van der Waals surface area contributed by atoms with E-state index in [2.05, 4.69) is 25.9 Å². The Balaban J connectivity index is 1.50. The van der Waals surface area contributed by atoms with Crippen LogP contribution in [0.1, 0.15) is 12.0 Å². The number of benzene rings is 1. The van der Waals surface area contributed by atoms with Crippen molar-refractivity contribution in [3.8, 4) is 17.0 Å². The summed E-state index contributed by atoms with van der Waals surface area (Å²) < 4.78 is 7.42. The van der Waals surface area contributed by atoms with Crippen LogP contribution in [0.25, 0.3) is 22.3 Å². The number of para-hydroxylation sites is 1. The minimum atomic E-state index is -0.0224. The lowest BCUT2D eigenvalue weighted by atomic mass is 10.2. The van der Waals surface area contributed by atoms with Crippen LogP contribution in [0, 0.1) is 0 Å². The van der Waals surface area contributed by atoms with E-state index in [1.54, 1.807) is 19.5 Å². The number of carbonyl (C=O) groups excluding carboxylic acids is 1. The zero-order chi connectivity index (χ0) is 20.1. The molecule has 1 aromatic carbocycles. The first-order valence-corrected chi connectivity index (χ1v) is 9.49. The van der Waals surface area contributed by atoms with Gasteiger partial charge in [-0.15, -0.1) is 0 Å². The largest absolute Gasteiger partial charge is 0.496 e. The number of hydrogen-bond acceptors (Lipinski definition) is 4. The van der Waals surface area contributed by atoms with Crippen LogP contribution < -0.4 is 10.1 Å². The lowest BCUT2D eigenvalue weighted by Crippen LogP contribution is -2.24. The number of aromatic nitrogens is 3. The summed E-state index contributed by atoms with van der Waals surface area (Å²) >= 11 is 0. The maximum Gasteiger partial charge on any atom is 0.222 e. The molecule has 6 heteroatoms. The van der Waals surface area contributed by atoms with Gasteiger partial charge < -0.3 is 14.6 Å². The number of nitrogens with one attached hydrogen (secondary N) is 1. The van der Waals surface area contributed by atoms with E-state index in [0.29, 0.717) is 19.5 Å². The maximum atomic E-state index is 12.5. The number of amides is 1. The van der Waals surface area contributed by atoms with Crippen molar-refractivity contribution in [3.63, 3.8) is 0 Å². The maximum absolute atomic E-state index is 12.5. The van der Waals surface area contributed by atoms with Gasteiger partial charge in [-0.05, 0) is 36.4 Å². The third-order valence-electron chi connectivity index (χ3n) is 4.84. The van der Waals surface area contributed by atoms with Crippen molar-refractivity contribution in [3.05, 3.63) is 78.8 Å². The summed E-state index contributed by atoms with van der Waals surface area (Å²) in [6.07, 6.45) is 5.70. The van der Waals surface area contributed by atoms with Crippen LogP contribution in [-0.2, 0) is 17.9 Å². The molecule has 0 aliphatic rings. The number of carbonyl (C=O) groups is 1. The molecule has 1 amide bonds. The van der Waals surface area contributed by atoms with Crippen LogP contribution in [0.2, 0.25) is 0 Å². The van der Waals surface area contributed by atoms with Gasteiger partial charge in [0.2, 0.25) is 5.91 Å². The van der Waals surface area contributed by atoms with E-state index >= 15 is 0 Å². The number of fused-ring (bicyclic) bond motifs is 1. The van der Waals surface area contributed by atoms with Crippen molar-refractivity contribution >= 4 is 16.9 Å². The van der Waals surface area contributed by atoms with Crippen molar-refractivity contribution in [2.45, 2.75) is 19.5 Å². The molecule has 0 radical (unpaired) electrons. The number of ether oxygens (including phenoxy) is 1. The van der Waals surface area contributed by atoms with Crippen LogP contribution in [0.15, 0.2) is 73.2 Å². The molecule has 0 fully saturated rings. The predicted octanol–water partition coefficient (Wildman–Crippen LogP) is 3.81. The highest BCUT2D eigenvalue weighted by molar-refractivity contribution is 5.84. The normalized spacial score (nSPS) is 10.8. The summed E-state index contributed by atoms with van der Waals surface area (Å²) in [5.41, 5.74) is 3.82. The summed E-state index contributed by atoms with van der Waals surface area (Å²) in [4.78, 5) is 21.2. The molecule has 0 bridgehead atoms. The molecule has 146 valence electrons. The van der Waals surface area contributed by atoms with Gasteiger partial charge in [-0.2, -0.15) is 0 Å². The second-order valence-corrected chi connectivity index (χ2v) is 6.68. The number of methoxy groups -OCH3 is 1. The minimum Gasteiger partial charge on any atom is -0.496 e. The summed E-state index contributed by atoms with van der Waals surface area (Å²) in [5, 5.41) is 4.02. The molecule has 3 aromatic heterocycles. The molecule has 0 aliphatic carbocycles. The monoisotopic (exact) mass is 386 g/mol. The lowest BCUT2D eigenvalue weighted by Gasteiger charge is -2.12. The number of pyridine rings is 2. The highest BCUT2D eigenvalue weighted by atomic mass is 16.5. The molecule has 4 rings (SSSR count). The Morgan fingerprint density at radius 1 is 1.10 bits per heavy atom. The Morgan fingerprint density at radius 2 is 1.97 bits per heavy atom. The zero-order valence-electron chi connectivity index (χ0n) is 16.2. The van der Waals surface area contributed by atoms with Gasteiger partial charge in [0.05, 0.1) is 12.8 Å². The van der Waals surface area contributed by atoms with E-state index in [1.807, 2.05) is 54.7 Å². The van der Waals surface area contributed by atoms with Gasteiger partial charge in [-0.25, -0.2) is 4.98 Å². The fourth-order valence-corrected chi connectivity index (χ4v) is 3.41. The fraction of sp³-hybridized carbons (Fsp3) is 0.174. The standard InChI is InChI=1S/C23H22N4O2/c1-29-21-9-3-2-6-19(21)16-26-22(28)10-13-27-20(18-8-4-11-24-15-18)14-17-7-5-12-25-23(17)27/h2-9,11-12,14-15H,10,13,16H2,1H3,(H,26,28). The van der Waals surface area contributed by atoms with E-state index < -0.39 is 0 Å². The van der Waals surface area contributed by atoms with E-state index in [4.69, 9.17) is 4.74 Å². The van der Waals surface area contributed by atoms with Crippen LogP contribution in [-0.4, -0.2) is 27.6 Å². The quantitative estimate of drug-likeness (QED) is 0.524. The van der Waals surface area contributed by atoms with E-state index in [9.17, 15) is 4.79 Å². The van der Waals surface area contributed by atoms with Gasteiger partial charge in [0, 0.05) is 54.6 Å². The highest BCUT2D eigenvalue weighted by Gasteiger charge is 2.13. The summed E-state index contributed by atoms with van der Waals surface area (Å²) in [5.74, 6) is 0.748. The smallest absolute Gasteiger partial charge is 0.222 e. The zero-order valence-corrected chi connectivity index (χ0v) is 16.2. The van der Waals surface area contributed by atoms with Crippen LogP contribution in [0.3, 0.4) is 0 Å². The van der Waals surface area contributed by atoms with Gasteiger partial charge in [0.15, 0.2) is 0 Å². The Bertz CT molecular complexity index is 1120. The number of rotatable bonds is 7. The van der Waals surface area contributed by atoms with Gasteiger partial charge in [0.25, 0.3) is 0 Å². The molecule has 1 N–H and O–H groups in total. The summed E-state index contributed by atoms with van der Waals surface area (Å²) in [6, 6.07) is 17.6. The molecular weight excluding hydrogens is 364 g/mol. The Hall–Kier alpha value is -3.67. The number of hydrogen-bond donors (Lipinski definition) is 1. The molecule has 0 spiro atoms. The van der Waals surface area contributed by atoms with Crippen molar-refractivity contribution in [2.75, 3.05) is 7.11 Å². The molecule has 0 saturated carbocycles. The molecule has 6 nitrogen and oxygen atoms in total. The molecule has 29 heavy (non-hydrogen) atoms. The molecule has 0 atom stereocenters. The molecular formula is C23H22N4O2. The third-order valence-corrected chi connectivity index (χ3v) is 4.84. The van der Waals surface area contributed by atoms with E-state index in [0.717, 1.165) is 33.6 Å². The Labute approximate surface area is 169 Å². The first kappa shape index (κ1) is 18.7. The summed E-state index contributed by atoms with van der Waals surface area (Å²) in [6.45, 7) is 0.964. The molecule has 0 unspecified atom stereocenters. The fourth-order valence-electron chi connectivity index (χ4n) is 3.41. The third kappa shape index (κ3) is 4.11. The van der Waals surface area contributed by atoms with Crippen LogP contribution >= 0.6 is 0 Å². The van der Waals surface area contributed by atoms with Gasteiger partial charge in [-0.3, -0.25) is 9.78 Å². The average Bonchev–Trinajstić information content (AvgIpc) is 3.15. The molecule has 4 aromatic rings. The topological polar surface area (TPSA) is 69.0 Å². The SMILES string of the molecule is COc1ccccc1CNC(=O)CCn1c(-c2cccnc2)cc2cccnc21. The lowest BCUT2D eigenvalue weighted by molar-refractivity contribution is -0.121. The second-order valence-electron chi connectivity index (χ2n) is 6.68. The number of aryl methyl sites for hydroxylation is 1. The van der Waals surface area contributed by atoms with E-state index in [-0.39, 0.29) is 5.91 Å². The van der Waals surface area contributed by atoms with Crippen molar-refractivity contribution in [1.29, 1.82) is 0 Å². The average molecular weight is 386 g/mol. The van der Waals surface area contributed by atoms with Gasteiger partial charge >= 0.3 is 0 Å². The first-order valence-electron chi connectivity index (χ1n) is 9.49. The minimum absolute atomic E-state index is 0.0224. The predicted molar refractivity (Wildman–Crippen MR) is 112 cm³/mol. The Kier molecular flexibility index (Phi) is 5.52. The van der Waals surface area contributed by atoms with E-state index in [1.165, 1.54) is 0 Å². The molecule has 0 saturated heterocycles. The van der Waals surface area contributed by atoms with Crippen LogP contribution in [0.4, 0.5) is 0 Å². The highest BCUT2D eigenvalue weighted by Crippen LogP contribution is 2.27. The van der Waals surface area contributed by atoms with Gasteiger partial charge in [0.1, 0.15) is 11.4 Å². The van der Waals surface area contributed by atoms with Crippen LogP contribution in [0.5, 0.6) is 5.75 Å². The van der Waals surface area contributed by atoms with Gasteiger partial charge in [-0.1, -0.05) is 18.2 Å². The first-order chi connectivity index (χ1) is 14.3. The van der Waals surface area contributed by atoms with Crippen molar-refractivity contribution in [2.24, 2.45) is 0 Å². The molecule has 0 aliphatic heterocycles. The van der Waals surface area contributed by atoms with Crippen molar-refractivity contribution < 1.29 is 9.53 Å². The molecule has 3 heterocycles. The second kappa shape index (κ2) is 8.56. The Morgan fingerprint density at radius 3 is 2.79 bits per heavy atom. The summed E-state index contributed by atoms with van der Waals surface area (Å²) in [7, 11) is 1.63. The number of nitrogens with zero attached hydrogens (tertiary/aromatic N) is 3.